The molecule has 40 heavy (non-hydrogen) atoms. The molecule has 2 aliphatic rings. The van der Waals surface area contributed by atoms with Gasteiger partial charge in [-0.05, 0) is 49.5 Å². The van der Waals surface area contributed by atoms with Crippen LogP contribution in [0.25, 0.3) is 0 Å². The Hall–Kier alpha value is -2.76. The number of ether oxygens (including phenoxy) is 4. The molecule has 0 saturated heterocycles. The van der Waals surface area contributed by atoms with Gasteiger partial charge in [-0.1, -0.05) is 45.1 Å². The van der Waals surface area contributed by atoms with Gasteiger partial charge in [-0.3, -0.25) is 4.79 Å². The first-order valence-corrected chi connectivity index (χ1v) is 13.5. The van der Waals surface area contributed by atoms with E-state index in [0.29, 0.717) is 17.6 Å². The van der Waals surface area contributed by atoms with Crippen LogP contribution in [0.2, 0.25) is 0 Å². The van der Waals surface area contributed by atoms with Crippen LogP contribution < -0.4 is 11.1 Å². The van der Waals surface area contributed by atoms with Gasteiger partial charge in [0, 0.05) is 44.4 Å². The molecule has 0 aromatic carbocycles. The number of rotatable bonds is 4. The van der Waals surface area contributed by atoms with E-state index in [1.807, 2.05) is 39.8 Å². The van der Waals surface area contributed by atoms with Crippen molar-refractivity contribution in [3.63, 3.8) is 0 Å². The average molecular weight is 563 g/mol. The second kappa shape index (κ2) is 15.3. The zero-order chi connectivity index (χ0) is 30.1. The van der Waals surface area contributed by atoms with E-state index >= 15 is 0 Å². The molecule has 10 heteroatoms. The maximum absolute atomic E-state index is 12.9. The summed E-state index contributed by atoms with van der Waals surface area (Å²) in [4.78, 5) is 24.7. The molecule has 2 amide bonds. The summed E-state index contributed by atoms with van der Waals surface area (Å²) in [5, 5.41) is 24.5. The highest BCUT2D eigenvalue weighted by atomic mass is 16.6. The predicted octanol–water partition coefficient (Wildman–Crippen LogP) is 2.92. The molecule has 0 spiro atoms. The van der Waals surface area contributed by atoms with Crippen LogP contribution in [0.5, 0.6) is 0 Å². The van der Waals surface area contributed by atoms with Crippen molar-refractivity contribution in [3.05, 3.63) is 58.9 Å². The molecule has 0 aromatic rings. The number of amides is 2. The average Bonchev–Trinajstić information content (AvgIpc) is 2.88. The molecule has 9 atom stereocenters. The fraction of sp³-hybridized carbons (Fsp3) is 0.600. The number of nitrogens with two attached hydrogens (primary N) is 1. The van der Waals surface area contributed by atoms with Crippen LogP contribution in [0.3, 0.4) is 0 Å². The van der Waals surface area contributed by atoms with Crippen molar-refractivity contribution in [2.45, 2.75) is 77.7 Å². The zero-order valence-electron chi connectivity index (χ0n) is 24.8. The smallest absolute Gasteiger partial charge is 0.405 e. The first-order chi connectivity index (χ1) is 18.8. The molecule has 1 aliphatic heterocycles. The fourth-order valence-corrected chi connectivity index (χ4v) is 5.53. The van der Waals surface area contributed by atoms with Gasteiger partial charge in [-0.25, -0.2) is 4.79 Å². The van der Waals surface area contributed by atoms with Crippen molar-refractivity contribution >= 4 is 12.0 Å². The van der Waals surface area contributed by atoms with Gasteiger partial charge in [0.15, 0.2) is 0 Å². The van der Waals surface area contributed by atoms with Crippen LogP contribution in [0.15, 0.2) is 58.9 Å². The number of methoxy groups -OCH3 is 3. The molecule has 0 saturated carbocycles. The number of primary amides is 1. The van der Waals surface area contributed by atoms with E-state index in [1.54, 1.807) is 39.4 Å². The Balaban J connectivity index is 2.60. The lowest BCUT2D eigenvalue weighted by Crippen LogP contribution is -2.42. The number of aliphatic hydroxyl groups excluding tert-OH is 2. The Morgan fingerprint density at radius 1 is 0.975 bits per heavy atom. The molecule has 2 rings (SSSR count). The van der Waals surface area contributed by atoms with Gasteiger partial charge in [0.25, 0.3) is 5.91 Å². The molecule has 224 valence electrons. The first-order valence-electron chi connectivity index (χ1n) is 13.5. The molecule has 0 aromatic heterocycles. The predicted molar refractivity (Wildman–Crippen MR) is 152 cm³/mol. The standard InChI is InChI=1S/C30H46N2O8/c1-16-10-9-11-17(2)29(35)32-23-15-21(33)14-22(25(23)34)27(38-7)20(5)13-24(37-6)28(39-8)19(4)12-18(3)26(16)40-30(31)36/h9-12,14-16,19-21,24-28,33-34H,13H2,1-8H3,(H2,31,36)(H,32,35)/b10-9-,17-11+,18-12+/t16?,19-,20-,21?,24-,25?,26+,27+,28+/m0/s1. The zero-order valence-corrected chi connectivity index (χ0v) is 24.8. The minimum Gasteiger partial charge on any atom is -0.441 e. The summed E-state index contributed by atoms with van der Waals surface area (Å²) in [6.45, 7) is 9.35. The van der Waals surface area contributed by atoms with Crippen LogP contribution in [-0.2, 0) is 23.7 Å². The monoisotopic (exact) mass is 562 g/mol. The van der Waals surface area contributed by atoms with Gasteiger partial charge in [0.1, 0.15) is 12.2 Å². The summed E-state index contributed by atoms with van der Waals surface area (Å²) in [6.07, 6.45) is 5.55. The van der Waals surface area contributed by atoms with Crippen LogP contribution in [0, 0.1) is 17.8 Å². The number of aliphatic hydroxyl groups is 2. The van der Waals surface area contributed by atoms with Crippen molar-refractivity contribution < 1.29 is 38.7 Å². The number of carbonyl (C=O) groups excluding carboxylic acids is 2. The van der Waals surface area contributed by atoms with E-state index in [2.05, 4.69) is 5.32 Å². The van der Waals surface area contributed by atoms with Crippen LogP contribution in [0.4, 0.5) is 4.79 Å². The molecule has 10 nitrogen and oxygen atoms in total. The molecule has 1 heterocycles. The summed E-state index contributed by atoms with van der Waals surface area (Å²) in [5.41, 5.74) is 7.18. The number of hydrogen-bond donors (Lipinski definition) is 4. The molecule has 1 aliphatic carbocycles. The summed E-state index contributed by atoms with van der Waals surface area (Å²) in [7, 11) is 4.77. The summed E-state index contributed by atoms with van der Waals surface area (Å²) in [5.74, 6) is -1.02. The van der Waals surface area contributed by atoms with Gasteiger partial charge in [-0.2, -0.15) is 0 Å². The van der Waals surface area contributed by atoms with Gasteiger partial charge < -0.3 is 40.2 Å². The number of hydrogen-bond acceptors (Lipinski definition) is 8. The van der Waals surface area contributed by atoms with Crippen molar-refractivity contribution in [2.75, 3.05) is 21.3 Å². The summed E-state index contributed by atoms with van der Waals surface area (Å²) in [6, 6.07) is 0. The van der Waals surface area contributed by atoms with Crippen molar-refractivity contribution in [1.82, 2.24) is 5.32 Å². The quantitative estimate of drug-likeness (QED) is 0.382. The number of nitrogens with one attached hydrogen (secondary N) is 1. The Kier molecular flexibility index (Phi) is 12.8. The third-order valence-corrected chi connectivity index (χ3v) is 7.56. The van der Waals surface area contributed by atoms with Gasteiger partial charge in [0.05, 0.1) is 24.4 Å². The second-order valence-corrected chi connectivity index (χ2v) is 10.7. The van der Waals surface area contributed by atoms with Gasteiger partial charge in [0.2, 0.25) is 0 Å². The Labute approximate surface area is 237 Å². The topological polar surface area (TPSA) is 150 Å². The van der Waals surface area contributed by atoms with Gasteiger partial charge in [-0.15, -0.1) is 0 Å². The SMILES string of the molecule is CO[C@H]1[C@@H](OC)C[C@H](C)[C@@H](OC)C2=CC(O)C=C(NC(=O)/C(C)=C/C=C\C(C)[C@@H](OC(N)=O)/C(C)=C/[C@@H]1C)C2O. The highest BCUT2D eigenvalue weighted by Crippen LogP contribution is 2.32. The molecule has 2 bridgehead atoms. The lowest BCUT2D eigenvalue weighted by molar-refractivity contribution is -0.117. The Bertz CT molecular complexity index is 1050. The minimum atomic E-state index is -1.18. The third kappa shape index (κ3) is 8.62. The van der Waals surface area contributed by atoms with Crippen molar-refractivity contribution in [1.29, 1.82) is 0 Å². The highest BCUT2D eigenvalue weighted by Gasteiger charge is 2.36. The molecule has 0 radical (unpaired) electrons. The number of carbonyl (C=O) groups is 2. The van der Waals surface area contributed by atoms with Crippen LogP contribution in [-0.4, -0.2) is 80.2 Å². The Morgan fingerprint density at radius 2 is 1.65 bits per heavy atom. The molecule has 5 N–H and O–H groups in total. The normalized spacial score (nSPS) is 38.0. The van der Waals surface area contributed by atoms with E-state index < -0.39 is 36.4 Å². The lowest BCUT2D eigenvalue weighted by atomic mass is 9.83. The molecular formula is C30H46N2O8. The molecule has 3 unspecified atom stereocenters. The van der Waals surface area contributed by atoms with E-state index in [9.17, 15) is 19.8 Å². The van der Waals surface area contributed by atoms with E-state index in [-0.39, 0.29) is 35.7 Å². The van der Waals surface area contributed by atoms with Crippen LogP contribution >= 0.6 is 0 Å². The maximum Gasteiger partial charge on any atom is 0.405 e. The Morgan fingerprint density at radius 3 is 2.23 bits per heavy atom. The number of fused-ring (bicyclic) bond motifs is 2. The van der Waals surface area contributed by atoms with Gasteiger partial charge >= 0.3 is 6.09 Å². The van der Waals surface area contributed by atoms with Crippen molar-refractivity contribution in [3.8, 4) is 0 Å². The van der Waals surface area contributed by atoms with E-state index in [0.717, 1.165) is 5.57 Å². The van der Waals surface area contributed by atoms with E-state index in [4.69, 9.17) is 24.7 Å². The fourth-order valence-electron chi connectivity index (χ4n) is 5.53. The first kappa shape index (κ1) is 33.4. The highest BCUT2D eigenvalue weighted by molar-refractivity contribution is 5.94. The maximum atomic E-state index is 12.9. The largest absolute Gasteiger partial charge is 0.441 e. The van der Waals surface area contributed by atoms with E-state index in [1.165, 1.54) is 13.2 Å². The second-order valence-electron chi connectivity index (χ2n) is 10.7. The molecule has 0 fully saturated rings. The summed E-state index contributed by atoms with van der Waals surface area (Å²) >= 11 is 0. The van der Waals surface area contributed by atoms with Crippen LogP contribution in [0.1, 0.15) is 41.0 Å². The molecular weight excluding hydrogens is 516 g/mol. The number of allylic oxidation sites excluding steroid dienone is 2. The summed E-state index contributed by atoms with van der Waals surface area (Å²) < 4.78 is 23.1. The third-order valence-electron chi connectivity index (χ3n) is 7.56. The minimum absolute atomic E-state index is 0.139. The van der Waals surface area contributed by atoms with Crippen molar-refractivity contribution in [2.24, 2.45) is 23.5 Å². The lowest BCUT2D eigenvalue weighted by Gasteiger charge is -2.36.